The number of Topliss-reactive ketones (excluding diaryl/α,β-unsaturated/α-hetero) is 1. The molecule has 0 aliphatic carbocycles. The molecule has 2 aromatic heterocycles. The number of rotatable bonds is 7. The summed E-state index contributed by atoms with van der Waals surface area (Å²) in [6.07, 6.45) is 4.81. The predicted octanol–water partition coefficient (Wildman–Crippen LogP) is 2.81. The standard InChI is InChI=1S/C19H17ClN4O3/c20-14-4-2-13(3-5-14)17(25)10-24-9-16(23-11-24)15(19(26)27)7-12-1-6-18(21)22-8-12/h1-6,8-9,11,15H,7,10H2,(H2,21,22)(H,26,27). The van der Waals surface area contributed by atoms with Gasteiger partial charge in [0, 0.05) is 23.0 Å². The molecule has 0 bridgehead atoms. The summed E-state index contributed by atoms with van der Waals surface area (Å²) in [5.41, 5.74) is 7.19. The number of nitrogen functional groups attached to an aromatic ring is 1. The van der Waals surface area contributed by atoms with Crippen LogP contribution in [0.3, 0.4) is 0 Å². The number of carboxylic acid groups (broad SMARTS) is 1. The van der Waals surface area contributed by atoms with Crippen LogP contribution in [-0.4, -0.2) is 31.4 Å². The van der Waals surface area contributed by atoms with E-state index in [0.29, 0.717) is 22.1 Å². The highest BCUT2D eigenvalue weighted by Gasteiger charge is 2.23. The van der Waals surface area contributed by atoms with Crippen molar-refractivity contribution in [1.82, 2.24) is 14.5 Å². The Morgan fingerprint density at radius 2 is 1.89 bits per heavy atom. The third-order valence-corrected chi connectivity index (χ3v) is 4.34. The molecular formula is C19H17ClN4O3. The van der Waals surface area contributed by atoms with E-state index in [9.17, 15) is 14.7 Å². The van der Waals surface area contributed by atoms with Gasteiger partial charge in [-0.25, -0.2) is 9.97 Å². The lowest BCUT2D eigenvalue weighted by Gasteiger charge is -2.09. The average Bonchev–Trinajstić information content (AvgIpc) is 3.09. The minimum absolute atomic E-state index is 0.0599. The third kappa shape index (κ3) is 4.71. The first-order chi connectivity index (χ1) is 12.9. The fourth-order valence-electron chi connectivity index (χ4n) is 2.65. The van der Waals surface area contributed by atoms with E-state index < -0.39 is 11.9 Å². The Morgan fingerprint density at radius 1 is 1.15 bits per heavy atom. The van der Waals surface area contributed by atoms with Crippen molar-refractivity contribution >= 4 is 29.2 Å². The number of aliphatic carboxylic acids is 1. The van der Waals surface area contributed by atoms with Gasteiger partial charge in [0.25, 0.3) is 0 Å². The molecule has 0 aliphatic heterocycles. The number of pyridine rings is 1. The van der Waals surface area contributed by atoms with Gasteiger partial charge in [0.15, 0.2) is 5.78 Å². The molecule has 3 aromatic rings. The van der Waals surface area contributed by atoms with E-state index in [1.807, 2.05) is 0 Å². The van der Waals surface area contributed by atoms with Crippen LogP contribution in [-0.2, 0) is 17.8 Å². The molecule has 0 amide bonds. The van der Waals surface area contributed by atoms with Crippen molar-refractivity contribution in [2.45, 2.75) is 18.9 Å². The highest BCUT2D eigenvalue weighted by atomic mass is 35.5. The van der Waals surface area contributed by atoms with Crippen LogP contribution in [0, 0.1) is 0 Å². The normalized spacial score (nSPS) is 11.9. The van der Waals surface area contributed by atoms with Crippen molar-refractivity contribution < 1.29 is 14.7 Å². The van der Waals surface area contributed by atoms with Crippen molar-refractivity contribution in [2.24, 2.45) is 0 Å². The maximum atomic E-state index is 12.3. The van der Waals surface area contributed by atoms with E-state index >= 15 is 0 Å². The summed E-state index contributed by atoms with van der Waals surface area (Å²) in [6.45, 7) is 0.0599. The maximum Gasteiger partial charge on any atom is 0.312 e. The van der Waals surface area contributed by atoms with Crippen molar-refractivity contribution in [1.29, 1.82) is 0 Å². The molecule has 0 saturated carbocycles. The Morgan fingerprint density at radius 3 is 2.52 bits per heavy atom. The number of carbonyl (C=O) groups is 2. The fraction of sp³-hybridized carbons (Fsp3) is 0.158. The lowest BCUT2D eigenvalue weighted by molar-refractivity contribution is -0.138. The van der Waals surface area contributed by atoms with Crippen LogP contribution in [0.4, 0.5) is 5.82 Å². The van der Waals surface area contributed by atoms with Gasteiger partial charge < -0.3 is 15.4 Å². The van der Waals surface area contributed by atoms with E-state index in [0.717, 1.165) is 5.56 Å². The summed E-state index contributed by atoms with van der Waals surface area (Å²) in [7, 11) is 0. The summed E-state index contributed by atoms with van der Waals surface area (Å²) in [5.74, 6) is -1.59. The second-order valence-electron chi connectivity index (χ2n) is 6.09. The van der Waals surface area contributed by atoms with Gasteiger partial charge in [0.05, 0.1) is 18.6 Å². The number of imidazole rings is 1. The number of ketones is 1. The van der Waals surface area contributed by atoms with Gasteiger partial charge in [-0.2, -0.15) is 0 Å². The van der Waals surface area contributed by atoms with E-state index in [1.165, 1.54) is 6.33 Å². The summed E-state index contributed by atoms with van der Waals surface area (Å²) >= 11 is 5.83. The topological polar surface area (TPSA) is 111 Å². The molecule has 1 unspecified atom stereocenters. The summed E-state index contributed by atoms with van der Waals surface area (Å²) in [5, 5.41) is 10.1. The predicted molar refractivity (Wildman–Crippen MR) is 101 cm³/mol. The second-order valence-corrected chi connectivity index (χ2v) is 6.52. The molecule has 0 fully saturated rings. The van der Waals surface area contributed by atoms with Crippen LogP contribution >= 0.6 is 11.6 Å². The average molecular weight is 385 g/mol. The molecule has 3 N–H and O–H groups in total. The molecular weight excluding hydrogens is 368 g/mol. The first-order valence-electron chi connectivity index (χ1n) is 8.16. The molecule has 0 radical (unpaired) electrons. The number of aromatic nitrogens is 3. The van der Waals surface area contributed by atoms with Crippen LogP contribution in [0.1, 0.15) is 27.5 Å². The number of hydrogen-bond acceptors (Lipinski definition) is 5. The van der Waals surface area contributed by atoms with Crippen LogP contribution in [0.2, 0.25) is 5.02 Å². The van der Waals surface area contributed by atoms with Gasteiger partial charge in [-0.05, 0) is 42.3 Å². The van der Waals surface area contributed by atoms with Gasteiger partial charge in [-0.3, -0.25) is 9.59 Å². The third-order valence-electron chi connectivity index (χ3n) is 4.09. The van der Waals surface area contributed by atoms with Crippen LogP contribution in [0.5, 0.6) is 0 Å². The zero-order chi connectivity index (χ0) is 19.4. The largest absolute Gasteiger partial charge is 0.481 e. The zero-order valence-corrected chi connectivity index (χ0v) is 15.0. The first kappa shape index (κ1) is 18.6. The summed E-state index contributed by atoms with van der Waals surface area (Å²) in [4.78, 5) is 32.2. The lowest BCUT2D eigenvalue weighted by atomic mass is 9.98. The van der Waals surface area contributed by atoms with E-state index in [-0.39, 0.29) is 18.7 Å². The molecule has 1 aromatic carbocycles. The summed E-state index contributed by atoms with van der Waals surface area (Å²) in [6, 6.07) is 9.95. The minimum atomic E-state index is -0.999. The first-order valence-corrected chi connectivity index (χ1v) is 8.54. The van der Waals surface area contributed by atoms with Crippen LogP contribution in [0.15, 0.2) is 55.1 Å². The van der Waals surface area contributed by atoms with Gasteiger partial charge >= 0.3 is 5.97 Å². The number of benzene rings is 1. The number of nitrogens with two attached hydrogens (primary N) is 1. The highest BCUT2D eigenvalue weighted by Crippen LogP contribution is 2.20. The fourth-order valence-corrected chi connectivity index (χ4v) is 2.77. The molecule has 8 heteroatoms. The molecule has 27 heavy (non-hydrogen) atoms. The summed E-state index contributed by atoms with van der Waals surface area (Å²) < 4.78 is 1.57. The maximum absolute atomic E-state index is 12.3. The second kappa shape index (κ2) is 8.01. The molecule has 138 valence electrons. The van der Waals surface area contributed by atoms with Gasteiger partial charge in [-0.15, -0.1) is 0 Å². The number of nitrogens with zero attached hydrogens (tertiary/aromatic N) is 3. The number of hydrogen-bond donors (Lipinski definition) is 2. The van der Waals surface area contributed by atoms with E-state index in [2.05, 4.69) is 9.97 Å². The lowest BCUT2D eigenvalue weighted by Crippen LogP contribution is -2.15. The smallest absolute Gasteiger partial charge is 0.312 e. The minimum Gasteiger partial charge on any atom is -0.481 e. The van der Waals surface area contributed by atoms with Crippen molar-refractivity contribution in [3.8, 4) is 0 Å². The molecule has 1 atom stereocenters. The number of carboxylic acids is 1. The quantitative estimate of drug-likeness (QED) is 0.606. The van der Waals surface area contributed by atoms with Crippen LogP contribution < -0.4 is 5.73 Å². The van der Waals surface area contributed by atoms with E-state index in [4.69, 9.17) is 17.3 Å². The Bertz CT molecular complexity index is 952. The Balaban J connectivity index is 1.73. The molecule has 0 spiro atoms. The molecule has 0 saturated heterocycles. The van der Waals surface area contributed by atoms with Crippen molar-refractivity contribution in [3.63, 3.8) is 0 Å². The Labute approximate surface area is 160 Å². The van der Waals surface area contributed by atoms with Crippen molar-refractivity contribution in [3.05, 3.63) is 77.0 Å². The Hall–Kier alpha value is -3.19. The Kier molecular flexibility index (Phi) is 5.52. The molecule has 0 aliphatic rings. The number of halogens is 1. The van der Waals surface area contributed by atoms with Gasteiger partial charge in [0.2, 0.25) is 0 Å². The van der Waals surface area contributed by atoms with E-state index in [1.54, 1.807) is 53.4 Å². The molecule has 7 nitrogen and oxygen atoms in total. The molecule has 2 heterocycles. The monoisotopic (exact) mass is 384 g/mol. The SMILES string of the molecule is Nc1ccc(CC(C(=O)O)c2cn(CC(=O)c3ccc(Cl)cc3)cn2)cn1. The van der Waals surface area contributed by atoms with Crippen LogP contribution in [0.25, 0.3) is 0 Å². The van der Waals surface area contributed by atoms with Gasteiger partial charge in [-0.1, -0.05) is 17.7 Å². The van der Waals surface area contributed by atoms with Crippen molar-refractivity contribution in [2.75, 3.05) is 5.73 Å². The number of anilines is 1. The van der Waals surface area contributed by atoms with Gasteiger partial charge in [0.1, 0.15) is 11.7 Å². The zero-order valence-electron chi connectivity index (χ0n) is 14.2. The highest BCUT2D eigenvalue weighted by molar-refractivity contribution is 6.30. The number of carbonyl (C=O) groups excluding carboxylic acids is 1. The molecule has 3 rings (SSSR count).